The van der Waals surface area contributed by atoms with Gasteiger partial charge in [-0.1, -0.05) is 18.5 Å². The molecule has 26 heavy (non-hydrogen) atoms. The molecule has 2 aliphatic rings. The number of halogens is 2. The fourth-order valence-corrected chi connectivity index (χ4v) is 3.75. The molecule has 2 unspecified atom stereocenters. The van der Waals surface area contributed by atoms with Crippen molar-refractivity contribution in [1.82, 2.24) is 24.9 Å². The van der Waals surface area contributed by atoms with Crippen LogP contribution in [0.4, 0.5) is 0 Å². The molecule has 4 rings (SSSR count). The number of imidazole rings is 1. The highest BCUT2D eigenvalue weighted by Gasteiger charge is 2.38. The summed E-state index contributed by atoms with van der Waals surface area (Å²) in [5, 5.41) is 7.67. The molecule has 2 N–H and O–H groups in total. The van der Waals surface area contributed by atoms with Crippen LogP contribution >= 0.6 is 35.6 Å². The van der Waals surface area contributed by atoms with Crippen molar-refractivity contribution in [3.63, 3.8) is 0 Å². The van der Waals surface area contributed by atoms with E-state index in [1.807, 2.05) is 36.0 Å². The van der Waals surface area contributed by atoms with Gasteiger partial charge in [-0.2, -0.15) is 0 Å². The zero-order valence-corrected chi connectivity index (χ0v) is 18.2. The van der Waals surface area contributed by atoms with Gasteiger partial charge in [0, 0.05) is 44.6 Å². The van der Waals surface area contributed by atoms with E-state index in [1.165, 1.54) is 19.4 Å². The number of nitrogens with one attached hydrogen (secondary N) is 2. The predicted octanol–water partition coefficient (Wildman–Crippen LogP) is 2.75. The van der Waals surface area contributed by atoms with Crippen LogP contribution in [0.1, 0.15) is 25.5 Å². The molecule has 0 amide bonds. The summed E-state index contributed by atoms with van der Waals surface area (Å²) < 4.78 is 1.95. The third-order valence-corrected chi connectivity index (χ3v) is 5.37. The topological polar surface area (TPSA) is 57.0 Å². The Hall–Kier alpha value is -1.06. The van der Waals surface area contributed by atoms with Gasteiger partial charge in [-0.25, -0.2) is 4.98 Å². The highest BCUT2D eigenvalue weighted by Crippen LogP contribution is 2.31. The van der Waals surface area contributed by atoms with Crippen molar-refractivity contribution < 1.29 is 0 Å². The maximum atomic E-state index is 6.03. The lowest BCUT2D eigenvalue weighted by molar-refractivity contribution is 0.315. The van der Waals surface area contributed by atoms with Crippen molar-refractivity contribution >= 4 is 47.2 Å². The van der Waals surface area contributed by atoms with Crippen LogP contribution in [0.3, 0.4) is 0 Å². The molecule has 2 fully saturated rings. The van der Waals surface area contributed by atoms with E-state index in [2.05, 4.69) is 32.4 Å². The number of fused-ring (bicyclic) bond motifs is 1. The Kier molecular flexibility index (Phi) is 6.29. The van der Waals surface area contributed by atoms with Gasteiger partial charge in [-0.15, -0.1) is 24.0 Å². The third kappa shape index (κ3) is 4.43. The molecule has 1 saturated heterocycles. The molecule has 142 valence electrons. The molecule has 0 aromatic carbocycles. The summed E-state index contributed by atoms with van der Waals surface area (Å²) in [5.74, 6) is 1.47. The van der Waals surface area contributed by atoms with Gasteiger partial charge in [-0.05, 0) is 30.9 Å². The molecule has 2 aromatic heterocycles. The van der Waals surface area contributed by atoms with Gasteiger partial charge in [-0.3, -0.25) is 9.89 Å². The lowest BCUT2D eigenvalue weighted by atomic mass is 10.1. The minimum absolute atomic E-state index is 0. The Labute approximate surface area is 176 Å². The molecule has 1 saturated carbocycles. The van der Waals surface area contributed by atoms with Crippen molar-refractivity contribution in [1.29, 1.82) is 0 Å². The summed E-state index contributed by atoms with van der Waals surface area (Å²) in [4.78, 5) is 11.6. The predicted molar refractivity (Wildman–Crippen MR) is 116 cm³/mol. The molecular weight excluding hydrogens is 463 g/mol. The minimum Gasteiger partial charge on any atom is -0.352 e. The van der Waals surface area contributed by atoms with Crippen molar-refractivity contribution in [3.05, 3.63) is 35.2 Å². The maximum absolute atomic E-state index is 6.03. The zero-order chi connectivity index (χ0) is 17.4. The van der Waals surface area contributed by atoms with E-state index in [1.54, 1.807) is 0 Å². The second kappa shape index (κ2) is 8.31. The number of nitrogens with zero attached hydrogens (tertiary/aromatic N) is 4. The summed E-state index contributed by atoms with van der Waals surface area (Å²) >= 11 is 6.03. The summed E-state index contributed by atoms with van der Waals surface area (Å²) in [5.41, 5.74) is 1.86. The smallest absolute Gasteiger partial charge is 0.191 e. The number of aliphatic imine (C=N–C) groups is 1. The Bertz CT molecular complexity index is 787. The highest BCUT2D eigenvalue weighted by atomic mass is 127. The van der Waals surface area contributed by atoms with Gasteiger partial charge < -0.3 is 15.0 Å². The molecule has 8 heteroatoms. The van der Waals surface area contributed by atoms with E-state index in [-0.39, 0.29) is 24.0 Å². The molecule has 0 bridgehead atoms. The van der Waals surface area contributed by atoms with Crippen LogP contribution in [0, 0.1) is 5.92 Å². The van der Waals surface area contributed by atoms with E-state index in [9.17, 15) is 0 Å². The van der Waals surface area contributed by atoms with Crippen LogP contribution in [0.25, 0.3) is 5.65 Å². The van der Waals surface area contributed by atoms with Crippen LogP contribution in [-0.2, 0) is 6.54 Å². The molecule has 0 radical (unpaired) electrons. The molecule has 3 heterocycles. The highest BCUT2D eigenvalue weighted by molar-refractivity contribution is 14.0. The minimum atomic E-state index is 0. The SMILES string of the molecule is CN=C(NCc1cn2cc(Cl)ccc2n1)NC1CN(C2CC2)CC1C.I. The first kappa shape index (κ1) is 19.7. The van der Waals surface area contributed by atoms with Crippen LogP contribution in [0.2, 0.25) is 5.02 Å². The maximum Gasteiger partial charge on any atom is 0.191 e. The standard InChI is InChI=1S/C18H25ClN6.HI/c1-12-8-24(15-4-5-15)11-16(12)23-18(20-2)21-7-14-10-25-9-13(19)3-6-17(25)22-14;/h3,6,9-10,12,15-16H,4-5,7-8,11H2,1-2H3,(H2,20,21,23);1H. The van der Waals surface area contributed by atoms with Crippen molar-refractivity contribution in [2.24, 2.45) is 10.9 Å². The molecule has 2 aromatic rings. The number of pyridine rings is 1. The number of hydrogen-bond donors (Lipinski definition) is 2. The number of likely N-dealkylation sites (tertiary alicyclic amines) is 1. The van der Waals surface area contributed by atoms with Gasteiger partial charge in [0.05, 0.1) is 17.3 Å². The summed E-state index contributed by atoms with van der Waals surface area (Å²) in [6.45, 7) is 5.25. The largest absolute Gasteiger partial charge is 0.352 e. The lowest BCUT2D eigenvalue weighted by Gasteiger charge is -2.20. The van der Waals surface area contributed by atoms with Crippen molar-refractivity contribution in [3.8, 4) is 0 Å². The first-order valence-corrected chi connectivity index (χ1v) is 9.34. The monoisotopic (exact) mass is 488 g/mol. The second-order valence-electron chi connectivity index (χ2n) is 7.18. The Balaban J connectivity index is 0.00000196. The zero-order valence-electron chi connectivity index (χ0n) is 15.2. The quantitative estimate of drug-likeness (QED) is 0.395. The van der Waals surface area contributed by atoms with E-state index >= 15 is 0 Å². The second-order valence-corrected chi connectivity index (χ2v) is 7.62. The Morgan fingerprint density at radius 2 is 2.12 bits per heavy atom. The van der Waals surface area contributed by atoms with Crippen molar-refractivity contribution in [2.75, 3.05) is 20.1 Å². The van der Waals surface area contributed by atoms with E-state index in [0.717, 1.165) is 29.9 Å². The number of guanidine groups is 1. The number of aromatic nitrogens is 2. The first-order valence-electron chi connectivity index (χ1n) is 8.97. The number of hydrogen-bond acceptors (Lipinski definition) is 3. The van der Waals surface area contributed by atoms with Gasteiger partial charge in [0.2, 0.25) is 0 Å². The molecule has 1 aliphatic carbocycles. The molecule has 2 atom stereocenters. The lowest BCUT2D eigenvalue weighted by Crippen LogP contribution is -2.46. The normalized spacial score (nSPS) is 23.9. The first-order chi connectivity index (χ1) is 12.1. The van der Waals surface area contributed by atoms with Crippen LogP contribution < -0.4 is 10.6 Å². The Morgan fingerprint density at radius 3 is 2.85 bits per heavy atom. The average Bonchev–Trinajstić information content (AvgIpc) is 3.27. The van der Waals surface area contributed by atoms with E-state index in [0.29, 0.717) is 23.5 Å². The summed E-state index contributed by atoms with van der Waals surface area (Å²) in [7, 11) is 1.82. The Morgan fingerprint density at radius 1 is 1.31 bits per heavy atom. The molecular formula is C18H26ClIN6. The van der Waals surface area contributed by atoms with Gasteiger partial charge in [0.25, 0.3) is 0 Å². The fourth-order valence-electron chi connectivity index (χ4n) is 3.58. The summed E-state index contributed by atoms with van der Waals surface area (Å²) in [6.07, 6.45) is 6.59. The van der Waals surface area contributed by atoms with Crippen molar-refractivity contribution in [2.45, 2.75) is 38.4 Å². The molecule has 0 spiro atoms. The number of rotatable bonds is 4. The average molecular weight is 489 g/mol. The fraction of sp³-hybridized carbons (Fsp3) is 0.556. The van der Waals surface area contributed by atoms with Crippen LogP contribution in [0.5, 0.6) is 0 Å². The van der Waals surface area contributed by atoms with Gasteiger partial charge in [0.1, 0.15) is 5.65 Å². The van der Waals surface area contributed by atoms with E-state index < -0.39 is 0 Å². The van der Waals surface area contributed by atoms with E-state index in [4.69, 9.17) is 11.6 Å². The van der Waals surface area contributed by atoms with Crippen LogP contribution in [-0.4, -0.2) is 52.5 Å². The van der Waals surface area contributed by atoms with Gasteiger partial charge in [0.15, 0.2) is 5.96 Å². The molecule has 1 aliphatic heterocycles. The molecule has 6 nitrogen and oxygen atoms in total. The summed E-state index contributed by atoms with van der Waals surface area (Å²) in [6, 6.07) is 5.06. The van der Waals surface area contributed by atoms with Gasteiger partial charge >= 0.3 is 0 Å². The van der Waals surface area contributed by atoms with Crippen LogP contribution in [0.15, 0.2) is 29.5 Å². The third-order valence-electron chi connectivity index (χ3n) is 5.15.